The third kappa shape index (κ3) is 3.87. The summed E-state index contributed by atoms with van der Waals surface area (Å²) in [6.45, 7) is 4.57. The molecule has 0 bridgehead atoms. The monoisotopic (exact) mass is 318 g/mol. The van der Waals surface area contributed by atoms with Crippen LogP contribution in [0.4, 0.5) is 0 Å². The number of benzene rings is 1. The van der Waals surface area contributed by atoms with Crippen LogP contribution in [0.3, 0.4) is 0 Å². The Hall–Kier alpha value is -1.26. The van der Waals surface area contributed by atoms with E-state index >= 15 is 0 Å². The van der Waals surface area contributed by atoms with E-state index in [1.54, 1.807) is 25.1 Å². The molecule has 0 atom stereocenters. The molecule has 4 nitrogen and oxygen atoms in total. The Kier molecular flexibility index (Phi) is 5.84. The zero-order chi connectivity index (χ0) is 15.3. The summed E-state index contributed by atoms with van der Waals surface area (Å²) in [5.74, 6) is -0.769. The minimum absolute atomic E-state index is 0.215. The smallest absolute Gasteiger partial charge is 0.319 e. The fourth-order valence-electron chi connectivity index (χ4n) is 1.36. The number of halogens is 2. The van der Waals surface area contributed by atoms with E-state index in [-0.39, 0.29) is 19.0 Å². The maximum Gasteiger partial charge on any atom is 0.319 e. The van der Waals surface area contributed by atoms with Crippen LogP contribution in [0.25, 0.3) is 0 Å². The molecule has 0 aliphatic rings. The van der Waals surface area contributed by atoms with Crippen molar-refractivity contribution in [3.8, 4) is 5.75 Å². The first-order valence-electron chi connectivity index (χ1n) is 6.08. The number of ether oxygens (including phenoxy) is 2. The highest BCUT2D eigenvalue weighted by atomic mass is 35.5. The number of carbonyl (C=O) groups excluding carboxylic acids is 2. The minimum Gasteiger partial charge on any atom is -0.483 e. The third-order valence-corrected chi connectivity index (χ3v) is 3.34. The van der Waals surface area contributed by atoms with Gasteiger partial charge in [-0.2, -0.15) is 0 Å². The van der Waals surface area contributed by atoms with Crippen molar-refractivity contribution in [2.24, 2.45) is 5.41 Å². The van der Waals surface area contributed by atoms with E-state index in [4.69, 9.17) is 32.7 Å². The summed E-state index contributed by atoms with van der Waals surface area (Å²) in [5.41, 5.74) is -1.27. The zero-order valence-corrected chi connectivity index (χ0v) is 13.0. The molecule has 0 aliphatic carbocycles. The molecular weight excluding hydrogens is 303 g/mol. The van der Waals surface area contributed by atoms with Crippen LogP contribution in [-0.2, 0) is 14.3 Å². The Morgan fingerprint density at radius 2 is 1.75 bits per heavy atom. The van der Waals surface area contributed by atoms with Crippen LogP contribution in [0.5, 0.6) is 5.75 Å². The Bertz CT molecular complexity index is 492. The molecule has 0 saturated carbocycles. The Morgan fingerprint density at radius 1 is 1.20 bits per heavy atom. The summed E-state index contributed by atoms with van der Waals surface area (Å²) < 4.78 is 10.2. The first kappa shape index (κ1) is 16.8. The van der Waals surface area contributed by atoms with Crippen LogP contribution in [0, 0.1) is 5.41 Å². The van der Waals surface area contributed by atoms with Crippen molar-refractivity contribution in [3.63, 3.8) is 0 Å². The van der Waals surface area contributed by atoms with Crippen LogP contribution in [-0.4, -0.2) is 25.0 Å². The molecular formula is C14H16Cl2O4. The zero-order valence-electron chi connectivity index (χ0n) is 11.5. The molecule has 0 unspecified atom stereocenters. The van der Waals surface area contributed by atoms with Gasteiger partial charge in [0, 0.05) is 0 Å². The molecule has 20 heavy (non-hydrogen) atoms. The van der Waals surface area contributed by atoms with E-state index in [9.17, 15) is 9.59 Å². The minimum atomic E-state index is -1.27. The van der Waals surface area contributed by atoms with Crippen LogP contribution in [0.15, 0.2) is 18.2 Å². The van der Waals surface area contributed by atoms with Gasteiger partial charge in [0.1, 0.15) is 12.0 Å². The fourth-order valence-corrected chi connectivity index (χ4v) is 1.87. The van der Waals surface area contributed by atoms with Gasteiger partial charge in [-0.15, -0.1) is 0 Å². The van der Waals surface area contributed by atoms with Crippen molar-refractivity contribution in [1.82, 2.24) is 0 Å². The Labute approximate surface area is 128 Å². The highest BCUT2D eigenvalue weighted by Crippen LogP contribution is 2.32. The second-order valence-corrected chi connectivity index (χ2v) is 5.42. The summed E-state index contributed by atoms with van der Waals surface area (Å²) in [6.07, 6.45) is 0. The van der Waals surface area contributed by atoms with Crippen molar-refractivity contribution in [3.05, 3.63) is 28.2 Å². The molecule has 0 N–H and O–H groups in total. The lowest BCUT2D eigenvalue weighted by Gasteiger charge is -2.21. The van der Waals surface area contributed by atoms with Gasteiger partial charge in [0.25, 0.3) is 0 Å². The molecule has 1 aromatic carbocycles. The molecule has 0 aromatic heterocycles. The third-order valence-electron chi connectivity index (χ3n) is 2.75. The normalized spacial score (nSPS) is 11.1. The highest BCUT2D eigenvalue weighted by Gasteiger charge is 2.37. The summed E-state index contributed by atoms with van der Waals surface area (Å²) in [4.78, 5) is 23.8. The number of Topliss-reactive ketones (excluding diaryl/α,β-unsaturated/α-hetero) is 1. The SMILES string of the molecule is CCOC(=O)C(C)(C)C(=O)COc1c(Cl)cccc1Cl. The lowest BCUT2D eigenvalue weighted by Crippen LogP contribution is -2.38. The van der Waals surface area contributed by atoms with E-state index in [1.165, 1.54) is 13.8 Å². The van der Waals surface area contributed by atoms with Gasteiger partial charge >= 0.3 is 5.97 Å². The summed E-state index contributed by atoms with van der Waals surface area (Å²) in [5, 5.41) is 0.610. The molecule has 1 aromatic rings. The second-order valence-electron chi connectivity index (χ2n) is 4.61. The van der Waals surface area contributed by atoms with Gasteiger partial charge in [0.05, 0.1) is 16.7 Å². The summed E-state index contributed by atoms with van der Waals surface area (Å²) >= 11 is 11.9. The van der Waals surface area contributed by atoms with Gasteiger partial charge in [-0.1, -0.05) is 29.3 Å². The largest absolute Gasteiger partial charge is 0.483 e. The van der Waals surface area contributed by atoms with E-state index in [0.29, 0.717) is 10.0 Å². The number of para-hydroxylation sites is 1. The average Bonchev–Trinajstić information content (AvgIpc) is 2.38. The maximum atomic E-state index is 12.1. The molecule has 110 valence electrons. The van der Waals surface area contributed by atoms with Crippen LogP contribution >= 0.6 is 23.2 Å². The average molecular weight is 319 g/mol. The van der Waals surface area contributed by atoms with Crippen molar-refractivity contribution in [1.29, 1.82) is 0 Å². The summed E-state index contributed by atoms with van der Waals surface area (Å²) in [7, 11) is 0. The number of esters is 1. The van der Waals surface area contributed by atoms with Gasteiger partial charge in [-0.05, 0) is 32.9 Å². The second kappa shape index (κ2) is 6.95. The molecule has 0 radical (unpaired) electrons. The lowest BCUT2D eigenvalue weighted by atomic mass is 9.88. The number of ketones is 1. The Balaban J connectivity index is 2.75. The van der Waals surface area contributed by atoms with E-state index < -0.39 is 17.2 Å². The van der Waals surface area contributed by atoms with Crippen molar-refractivity contribution >= 4 is 35.0 Å². The molecule has 0 spiro atoms. The van der Waals surface area contributed by atoms with Crippen LogP contribution < -0.4 is 4.74 Å². The van der Waals surface area contributed by atoms with E-state index in [0.717, 1.165) is 0 Å². The van der Waals surface area contributed by atoms with Gasteiger partial charge in [-0.3, -0.25) is 9.59 Å². The van der Waals surface area contributed by atoms with Crippen LogP contribution in [0.2, 0.25) is 10.0 Å². The van der Waals surface area contributed by atoms with Crippen molar-refractivity contribution in [2.45, 2.75) is 20.8 Å². The standard InChI is InChI=1S/C14H16Cl2O4/c1-4-19-13(18)14(2,3)11(17)8-20-12-9(15)6-5-7-10(12)16/h5-7H,4,8H2,1-3H3. The number of hydrogen-bond donors (Lipinski definition) is 0. The van der Waals surface area contributed by atoms with Crippen LogP contribution in [0.1, 0.15) is 20.8 Å². The van der Waals surface area contributed by atoms with Gasteiger partial charge < -0.3 is 9.47 Å². The van der Waals surface area contributed by atoms with E-state index in [1.807, 2.05) is 0 Å². The molecule has 0 amide bonds. The number of carbonyl (C=O) groups is 2. The first-order valence-corrected chi connectivity index (χ1v) is 6.83. The molecule has 0 saturated heterocycles. The summed E-state index contributed by atoms with van der Waals surface area (Å²) in [6, 6.07) is 4.87. The molecule has 0 aliphatic heterocycles. The first-order chi connectivity index (χ1) is 9.30. The number of hydrogen-bond acceptors (Lipinski definition) is 4. The van der Waals surface area contributed by atoms with E-state index in [2.05, 4.69) is 0 Å². The van der Waals surface area contributed by atoms with Crippen molar-refractivity contribution < 1.29 is 19.1 Å². The predicted molar refractivity (Wildman–Crippen MR) is 77.4 cm³/mol. The maximum absolute atomic E-state index is 12.1. The van der Waals surface area contributed by atoms with Gasteiger partial charge in [-0.25, -0.2) is 0 Å². The molecule has 6 heteroatoms. The van der Waals surface area contributed by atoms with Gasteiger partial charge in [0.15, 0.2) is 11.5 Å². The quantitative estimate of drug-likeness (QED) is 0.594. The number of rotatable bonds is 6. The van der Waals surface area contributed by atoms with Crippen molar-refractivity contribution in [2.75, 3.05) is 13.2 Å². The van der Waals surface area contributed by atoms with Gasteiger partial charge in [0.2, 0.25) is 0 Å². The lowest BCUT2D eigenvalue weighted by molar-refractivity contribution is -0.158. The fraction of sp³-hybridized carbons (Fsp3) is 0.429. The molecule has 0 heterocycles. The topological polar surface area (TPSA) is 52.6 Å². The Morgan fingerprint density at radius 3 is 2.25 bits per heavy atom. The molecule has 0 fully saturated rings. The predicted octanol–water partition coefficient (Wildman–Crippen LogP) is 3.53. The highest BCUT2D eigenvalue weighted by molar-refractivity contribution is 6.37. The molecule has 1 rings (SSSR count).